The molecule has 2 unspecified atom stereocenters. The summed E-state index contributed by atoms with van der Waals surface area (Å²) < 4.78 is 0. The summed E-state index contributed by atoms with van der Waals surface area (Å²) in [5.74, 6) is 0.531. The average Bonchev–Trinajstić information content (AvgIpc) is 2.48. The fourth-order valence-corrected chi connectivity index (χ4v) is 3.93. The molecule has 2 atom stereocenters. The van der Waals surface area contributed by atoms with Gasteiger partial charge >= 0.3 is 0 Å². The summed E-state index contributed by atoms with van der Waals surface area (Å²) in [5, 5.41) is 3.22. The second-order valence-electron chi connectivity index (χ2n) is 6.38. The number of benzene rings is 1. The second kappa shape index (κ2) is 6.37. The first kappa shape index (κ1) is 14.9. The molecule has 2 aliphatic heterocycles. The van der Waals surface area contributed by atoms with Gasteiger partial charge in [-0.2, -0.15) is 0 Å². The van der Waals surface area contributed by atoms with Gasteiger partial charge in [0.1, 0.15) is 0 Å². The Bertz CT molecular complexity index is 488. The van der Waals surface area contributed by atoms with Crippen molar-refractivity contribution in [3.8, 4) is 0 Å². The molecule has 2 aliphatic rings. The molecule has 2 saturated heterocycles. The first-order valence-corrected chi connectivity index (χ1v) is 8.38. The minimum Gasteiger partial charge on any atom is -0.349 e. The zero-order valence-corrected chi connectivity index (χ0v) is 13.3. The predicted molar refractivity (Wildman–Crippen MR) is 85.7 cm³/mol. The third-order valence-electron chi connectivity index (χ3n) is 5.05. The molecular weight excluding hydrogens is 284 g/mol. The molecule has 3 nitrogen and oxygen atoms in total. The molecule has 3 rings (SSSR count). The van der Waals surface area contributed by atoms with Crippen LogP contribution in [0.3, 0.4) is 0 Å². The summed E-state index contributed by atoms with van der Waals surface area (Å²) in [4.78, 5) is 14.9. The molecule has 2 fully saturated rings. The van der Waals surface area contributed by atoms with Crippen LogP contribution in [0.4, 0.5) is 0 Å². The Hall–Kier alpha value is -1.06. The van der Waals surface area contributed by atoms with Gasteiger partial charge in [0, 0.05) is 29.6 Å². The molecule has 2 bridgehead atoms. The normalized spacial score (nSPS) is 29.1. The lowest BCUT2D eigenvalue weighted by Gasteiger charge is -2.47. The lowest BCUT2D eigenvalue weighted by Crippen LogP contribution is -2.55. The number of rotatable bonds is 3. The highest BCUT2D eigenvalue weighted by Crippen LogP contribution is 2.32. The monoisotopic (exact) mass is 306 g/mol. The van der Waals surface area contributed by atoms with Crippen molar-refractivity contribution < 1.29 is 4.79 Å². The van der Waals surface area contributed by atoms with Crippen molar-refractivity contribution in [2.75, 3.05) is 7.05 Å². The van der Waals surface area contributed by atoms with Gasteiger partial charge in [-0.15, -0.1) is 11.6 Å². The van der Waals surface area contributed by atoms with Gasteiger partial charge in [-0.25, -0.2) is 0 Å². The van der Waals surface area contributed by atoms with E-state index in [1.165, 1.54) is 19.3 Å². The lowest BCUT2D eigenvalue weighted by molar-refractivity contribution is 0.0463. The van der Waals surface area contributed by atoms with Crippen LogP contribution in [-0.4, -0.2) is 36.0 Å². The Balaban J connectivity index is 1.62. The Kier molecular flexibility index (Phi) is 4.51. The van der Waals surface area contributed by atoms with Crippen molar-refractivity contribution in [2.24, 2.45) is 0 Å². The number of alkyl halides is 1. The van der Waals surface area contributed by atoms with Gasteiger partial charge < -0.3 is 10.2 Å². The number of nitrogens with one attached hydrogen (secondary N) is 1. The summed E-state index contributed by atoms with van der Waals surface area (Å²) >= 11 is 5.78. The fraction of sp³-hybridized carbons (Fsp3) is 0.588. The van der Waals surface area contributed by atoms with Crippen molar-refractivity contribution >= 4 is 17.5 Å². The van der Waals surface area contributed by atoms with Gasteiger partial charge in [0.25, 0.3) is 5.91 Å². The minimum atomic E-state index is 0.0451. The highest BCUT2D eigenvalue weighted by Gasteiger charge is 2.36. The third-order valence-corrected chi connectivity index (χ3v) is 5.35. The van der Waals surface area contributed by atoms with E-state index in [0.717, 1.165) is 24.0 Å². The topological polar surface area (TPSA) is 32.3 Å². The van der Waals surface area contributed by atoms with Crippen LogP contribution in [-0.2, 0) is 5.88 Å². The summed E-state index contributed by atoms with van der Waals surface area (Å²) in [7, 11) is 2.23. The summed E-state index contributed by atoms with van der Waals surface area (Å²) in [6.07, 6.45) is 6.03. The number of carbonyl (C=O) groups excluding carboxylic acids is 1. The van der Waals surface area contributed by atoms with Gasteiger partial charge in [-0.1, -0.05) is 18.6 Å². The highest BCUT2D eigenvalue weighted by atomic mass is 35.5. The van der Waals surface area contributed by atoms with Crippen LogP contribution in [0.5, 0.6) is 0 Å². The van der Waals surface area contributed by atoms with Crippen LogP contribution in [0.1, 0.15) is 48.0 Å². The predicted octanol–water partition coefficient (Wildman–Crippen LogP) is 3.17. The summed E-state index contributed by atoms with van der Waals surface area (Å²) in [5.41, 5.74) is 1.77. The number of piperidine rings is 2. The molecule has 2 heterocycles. The zero-order valence-electron chi connectivity index (χ0n) is 12.5. The maximum Gasteiger partial charge on any atom is 0.251 e. The number of amides is 1. The smallest absolute Gasteiger partial charge is 0.251 e. The molecule has 1 N–H and O–H groups in total. The minimum absolute atomic E-state index is 0.0451. The first-order valence-electron chi connectivity index (χ1n) is 7.85. The highest BCUT2D eigenvalue weighted by molar-refractivity contribution is 6.17. The molecule has 21 heavy (non-hydrogen) atoms. The van der Waals surface area contributed by atoms with E-state index < -0.39 is 0 Å². The van der Waals surface area contributed by atoms with Crippen LogP contribution in [0.15, 0.2) is 24.3 Å². The molecule has 1 amide bonds. The molecule has 1 aromatic carbocycles. The number of nitrogens with zero attached hydrogens (tertiary/aromatic N) is 1. The number of halogens is 1. The van der Waals surface area contributed by atoms with E-state index in [0.29, 0.717) is 24.0 Å². The van der Waals surface area contributed by atoms with E-state index in [1.807, 2.05) is 24.3 Å². The SMILES string of the molecule is CN1C2CCCC1CC(NC(=O)c1ccc(CCl)cc1)C2. The van der Waals surface area contributed by atoms with Crippen molar-refractivity contribution in [1.82, 2.24) is 10.2 Å². The molecule has 0 spiro atoms. The van der Waals surface area contributed by atoms with E-state index in [9.17, 15) is 4.79 Å². The van der Waals surface area contributed by atoms with Crippen LogP contribution in [0.2, 0.25) is 0 Å². The van der Waals surface area contributed by atoms with Gasteiger partial charge in [-0.05, 0) is 50.4 Å². The molecular formula is C17H23ClN2O. The Labute approximate surface area is 131 Å². The number of hydrogen-bond donors (Lipinski definition) is 1. The number of hydrogen-bond acceptors (Lipinski definition) is 2. The van der Waals surface area contributed by atoms with Crippen LogP contribution < -0.4 is 5.32 Å². The fourth-order valence-electron chi connectivity index (χ4n) is 3.75. The first-order chi connectivity index (χ1) is 10.2. The van der Waals surface area contributed by atoms with Gasteiger partial charge in [0.05, 0.1) is 0 Å². The Morgan fingerprint density at radius 1 is 1.24 bits per heavy atom. The number of fused-ring (bicyclic) bond motifs is 2. The van der Waals surface area contributed by atoms with E-state index in [4.69, 9.17) is 11.6 Å². The zero-order chi connectivity index (χ0) is 14.8. The Morgan fingerprint density at radius 2 is 1.86 bits per heavy atom. The van der Waals surface area contributed by atoms with E-state index in [-0.39, 0.29) is 5.91 Å². The number of carbonyl (C=O) groups is 1. The Morgan fingerprint density at radius 3 is 2.43 bits per heavy atom. The van der Waals surface area contributed by atoms with Gasteiger partial charge in [0.2, 0.25) is 0 Å². The van der Waals surface area contributed by atoms with Crippen molar-refractivity contribution in [1.29, 1.82) is 0 Å². The van der Waals surface area contributed by atoms with Crippen molar-refractivity contribution in [3.05, 3.63) is 35.4 Å². The molecule has 0 aromatic heterocycles. The molecule has 0 saturated carbocycles. The summed E-state index contributed by atoms with van der Waals surface area (Å²) in [6, 6.07) is 9.17. The lowest BCUT2D eigenvalue weighted by atomic mass is 9.82. The second-order valence-corrected chi connectivity index (χ2v) is 6.64. The average molecular weight is 307 g/mol. The maximum absolute atomic E-state index is 12.4. The van der Waals surface area contributed by atoms with Gasteiger partial charge in [0.15, 0.2) is 0 Å². The molecule has 1 aromatic rings. The van der Waals surface area contributed by atoms with Crippen LogP contribution >= 0.6 is 11.6 Å². The molecule has 4 heteroatoms. The van der Waals surface area contributed by atoms with E-state index in [2.05, 4.69) is 17.3 Å². The van der Waals surface area contributed by atoms with Crippen LogP contribution in [0, 0.1) is 0 Å². The van der Waals surface area contributed by atoms with Crippen molar-refractivity contribution in [2.45, 2.75) is 56.1 Å². The standard InChI is InChI=1S/C17H23ClN2O/c1-20-15-3-2-4-16(20)10-14(9-15)19-17(21)13-7-5-12(11-18)6-8-13/h5-8,14-16H,2-4,9-11H2,1H3,(H,19,21). The quantitative estimate of drug-likeness (QED) is 0.870. The summed E-state index contributed by atoms with van der Waals surface area (Å²) in [6.45, 7) is 0. The van der Waals surface area contributed by atoms with E-state index in [1.54, 1.807) is 0 Å². The van der Waals surface area contributed by atoms with Gasteiger partial charge in [-0.3, -0.25) is 4.79 Å². The molecule has 0 radical (unpaired) electrons. The van der Waals surface area contributed by atoms with E-state index >= 15 is 0 Å². The van der Waals surface area contributed by atoms with Crippen LogP contribution in [0.25, 0.3) is 0 Å². The largest absolute Gasteiger partial charge is 0.349 e. The molecule has 114 valence electrons. The molecule has 0 aliphatic carbocycles. The third kappa shape index (κ3) is 3.24. The van der Waals surface area contributed by atoms with Crippen molar-refractivity contribution in [3.63, 3.8) is 0 Å². The maximum atomic E-state index is 12.4.